The van der Waals surface area contributed by atoms with Crippen LogP contribution in [0.15, 0.2) is 58.9 Å². The van der Waals surface area contributed by atoms with E-state index in [-0.39, 0.29) is 21.8 Å². The van der Waals surface area contributed by atoms with Crippen LogP contribution in [0.4, 0.5) is 10.8 Å². The quantitative estimate of drug-likeness (QED) is 0.609. The van der Waals surface area contributed by atoms with Crippen LogP contribution in [0.1, 0.15) is 24.0 Å². The first kappa shape index (κ1) is 19.5. The molecule has 0 fully saturated rings. The summed E-state index contributed by atoms with van der Waals surface area (Å²) >= 11 is 0.874. The Hall–Kier alpha value is -2.78. The lowest BCUT2D eigenvalue weighted by atomic mass is 10.0. The average Bonchev–Trinajstić information content (AvgIpc) is 3.22. The van der Waals surface area contributed by atoms with E-state index >= 15 is 0 Å². The maximum Gasteiger partial charge on any atom is 0.293 e. The molecule has 29 heavy (non-hydrogen) atoms. The fourth-order valence-corrected chi connectivity index (χ4v) is 5.85. The van der Waals surface area contributed by atoms with Crippen molar-refractivity contribution in [3.63, 3.8) is 0 Å². The Morgan fingerprint density at radius 3 is 2.66 bits per heavy atom. The maximum absolute atomic E-state index is 13.1. The summed E-state index contributed by atoms with van der Waals surface area (Å²) in [7, 11) is -3.82. The zero-order chi connectivity index (χ0) is 20.3. The third-order valence-corrected chi connectivity index (χ3v) is 7.71. The summed E-state index contributed by atoms with van der Waals surface area (Å²) in [6.07, 6.45) is 2.48. The molecule has 9 heteroatoms. The lowest BCUT2D eigenvalue weighted by molar-refractivity contribution is -0.116. The number of benzene rings is 2. The van der Waals surface area contributed by atoms with Crippen molar-refractivity contribution in [2.75, 3.05) is 16.2 Å². The maximum atomic E-state index is 13.1. The monoisotopic (exact) mass is 428 g/mol. The first-order valence-corrected chi connectivity index (χ1v) is 11.6. The van der Waals surface area contributed by atoms with Crippen molar-refractivity contribution >= 4 is 38.1 Å². The molecule has 7 nitrogen and oxygen atoms in total. The molecule has 0 saturated carbocycles. The van der Waals surface area contributed by atoms with Crippen molar-refractivity contribution in [2.24, 2.45) is 0 Å². The molecular formula is C20H20N4O3S2. The molecule has 0 spiro atoms. The van der Waals surface area contributed by atoms with E-state index in [9.17, 15) is 13.2 Å². The van der Waals surface area contributed by atoms with Crippen LogP contribution >= 0.6 is 11.3 Å². The number of fused-ring (bicyclic) bond motifs is 1. The summed E-state index contributed by atoms with van der Waals surface area (Å²) in [6.45, 7) is 0.400. The van der Waals surface area contributed by atoms with Gasteiger partial charge in [-0.15, -0.1) is 10.2 Å². The molecule has 2 heterocycles. The fraction of sp³-hybridized carbons (Fsp3) is 0.250. The molecular weight excluding hydrogens is 408 g/mol. The minimum Gasteiger partial charge on any atom is -0.300 e. The van der Waals surface area contributed by atoms with Crippen molar-refractivity contribution in [3.05, 3.63) is 65.7 Å². The molecule has 1 aromatic heterocycles. The summed E-state index contributed by atoms with van der Waals surface area (Å²) < 4.78 is 27.4. The first-order valence-electron chi connectivity index (χ1n) is 9.32. The molecule has 0 saturated heterocycles. The highest BCUT2D eigenvalue weighted by Crippen LogP contribution is 2.33. The lowest BCUT2D eigenvalue weighted by Crippen LogP contribution is -2.35. The molecule has 1 aliphatic rings. The largest absolute Gasteiger partial charge is 0.300 e. The van der Waals surface area contributed by atoms with Gasteiger partial charge in [0.2, 0.25) is 11.0 Å². The molecule has 2 aromatic carbocycles. The summed E-state index contributed by atoms with van der Waals surface area (Å²) in [6, 6.07) is 17.2. The smallest absolute Gasteiger partial charge is 0.293 e. The van der Waals surface area contributed by atoms with Crippen molar-refractivity contribution < 1.29 is 13.2 Å². The summed E-state index contributed by atoms with van der Waals surface area (Å²) in [5.41, 5.74) is 2.75. The molecule has 1 aliphatic heterocycles. The number of sulfonamides is 1. The van der Waals surface area contributed by atoms with Crippen molar-refractivity contribution in [1.29, 1.82) is 0 Å². The Kier molecular flexibility index (Phi) is 5.59. The second-order valence-electron chi connectivity index (χ2n) is 6.72. The predicted octanol–water partition coefficient (Wildman–Crippen LogP) is 3.25. The van der Waals surface area contributed by atoms with E-state index in [1.165, 1.54) is 4.31 Å². The van der Waals surface area contributed by atoms with Gasteiger partial charge in [0.05, 0.1) is 5.69 Å². The Labute approximate surface area is 173 Å². The van der Waals surface area contributed by atoms with Crippen LogP contribution in [0.2, 0.25) is 0 Å². The molecule has 0 radical (unpaired) electrons. The SMILES string of the molecule is O=C(CCc1ccccc1)Nc1nnc(S(=O)(=O)N2CCCc3ccccc32)s1. The number of hydrogen-bond donors (Lipinski definition) is 1. The number of hydrogen-bond acceptors (Lipinski definition) is 6. The standard InChI is InChI=1S/C20H20N4O3S2/c25-18(13-12-15-7-2-1-3-8-15)21-19-22-23-20(28-19)29(26,27)24-14-6-10-16-9-4-5-11-17(16)24/h1-5,7-9,11H,6,10,12-14H2,(H,21,22,25). The first-order chi connectivity index (χ1) is 14.0. The van der Waals surface area contributed by atoms with E-state index in [0.717, 1.165) is 35.3 Å². The van der Waals surface area contributed by atoms with Crippen LogP contribution in [0.25, 0.3) is 0 Å². The molecule has 4 rings (SSSR count). The normalized spacial score (nSPS) is 13.7. The molecule has 0 aliphatic carbocycles. The van der Waals surface area contributed by atoms with E-state index < -0.39 is 10.0 Å². The number of aromatic nitrogens is 2. The van der Waals surface area contributed by atoms with Crippen LogP contribution in [0.3, 0.4) is 0 Å². The number of aryl methyl sites for hydroxylation is 2. The lowest BCUT2D eigenvalue weighted by Gasteiger charge is -2.29. The third-order valence-electron chi connectivity index (χ3n) is 4.71. The van der Waals surface area contributed by atoms with Crippen LogP contribution in [-0.4, -0.2) is 31.1 Å². The van der Waals surface area contributed by atoms with Gasteiger partial charge in [0, 0.05) is 13.0 Å². The Bertz CT molecular complexity index is 1110. The average molecular weight is 429 g/mol. The number of nitrogens with one attached hydrogen (secondary N) is 1. The minimum absolute atomic E-state index is 0.118. The van der Waals surface area contributed by atoms with Crippen LogP contribution in [0.5, 0.6) is 0 Å². The van der Waals surface area contributed by atoms with Crippen molar-refractivity contribution in [2.45, 2.75) is 30.0 Å². The van der Waals surface area contributed by atoms with Crippen LogP contribution < -0.4 is 9.62 Å². The molecule has 0 unspecified atom stereocenters. The highest BCUT2D eigenvalue weighted by molar-refractivity contribution is 7.94. The predicted molar refractivity (Wildman–Crippen MR) is 113 cm³/mol. The number of rotatable bonds is 6. The Morgan fingerprint density at radius 1 is 1.07 bits per heavy atom. The number of anilines is 2. The van der Waals surface area contributed by atoms with Gasteiger partial charge < -0.3 is 5.32 Å². The van der Waals surface area contributed by atoms with E-state index in [1.54, 1.807) is 6.07 Å². The molecule has 1 amide bonds. The third kappa shape index (κ3) is 4.30. The Balaban J connectivity index is 1.45. The van der Waals surface area contributed by atoms with Gasteiger partial charge in [0.25, 0.3) is 14.4 Å². The topological polar surface area (TPSA) is 92.3 Å². The van der Waals surface area contributed by atoms with Gasteiger partial charge in [-0.1, -0.05) is 59.9 Å². The van der Waals surface area contributed by atoms with Gasteiger partial charge in [-0.25, -0.2) is 0 Å². The fourth-order valence-electron chi connectivity index (χ4n) is 3.29. The van der Waals surface area contributed by atoms with Gasteiger partial charge in [-0.3, -0.25) is 9.10 Å². The number of carbonyl (C=O) groups is 1. The van der Waals surface area contributed by atoms with E-state index in [1.807, 2.05) is 48.5 Å². The molecule has 0 bridgehead atoms. The van der Waals surface area contributed by atoms with Crippen molar-refractivity contribution in [3.8, 4) is 0 Å². The Morgan fingerprint density at radius 2 is 1.83 bits per heavy atom. The van der Waals surface area contributed by atoms with Gasteiger partial charge in [0.1, 0.15) is 0 Å². The second kappa shape index (κ2) is 8.30. The highest BCUT2D eigenvalue weighted by Gasteiger charge is 2.32. The molecule has 150 valence electrons. The zero-order valence-electron chi connectivity index (χ0n) is 15.6. The zero-order valence-corrected chi connectivity index (χ0v) is 17.2. The number of nitrogens with zero attached hydrogens (tertiary/aromatic N) is 3. The van der Waals surface area contributed by atoms with Gasteiger partial charge in [-0.05, 0) is 36.5 Å². The number of amides is 1. The number of carbonyl (C=O) groups excluding carboxylic acids is 1. The second-order valence-corrected chi connectivity index (χ2v) is 9.73. The van der Waals surface area contributed by atoms with E-state index in [4.69, 9.17) is 0 Å². The summed E-state index contributed by atoms with van der Waals surface area (Å²) in [4.78, 5) is 12.2. The van der Waals surface area contributed by atoms with E-state index in [2.05, 4.69) is 15.5 Å². The number of para-hydroxylation sites is 1. The molecule has 1 N–H and O–H groups in total. The van der Waals surface area contributed by atoms with Gasteiger partial charge in [-0.2, -0.15) is 8.42 Å². The van der Waals surface area contributed by atoms with Crippen LogP contribution in [0, 0.1) is 0 Å². The van der Waals surface area contributed by atoms with Crippen LogP contribution in [-0.2, 0) is 27.7 Å². The van der Waals surface area contributed by atoms with Gasteiger partial charge >= 0.3 is 0 Å². The summed E-state index contributed by atoms with van der Waals surface area (Å²) in [5, 5.41) is 10.5. The van der Waals surface area contributed by atoms with Gasteiger partial charge in [0.15, 0.2) is 0 Å². The van der Waals surface area contributed by atoms with Crippen molar-refractivity contribution in [1.82, 2.24) is 10.2 Å². The minimum atomic E-state index is -3.82. The molecule has 0 atom stereocenters. The molecule has 3 aromatic rings. The highest BCUT2D eigenvalue weighted by atomic mass is 32.2. The van der Waals surface area contributed by atoms with E-state index in [0.29, 0.717) is 18.7 Å². The summed E-state index contributed by atoms with van der Waals surface area (Å²) in [5.74, 6) is -0.225.